The van der Waals surface area contributed by atoms with Crippen molar-refractivity contribution in [3.8, 4) is 0 Å². The average Bonchev–Trinajstić information content (AvgIpc) is 2.46. The summed E-state index contributed by atoms with van der Waals surface area (Å²) >= 11 is 0. The molecule has 1 saturated heterocycles. The number of carbonyl (C=O) groups is 1. The zero-order valence-corrected chi connectivity index (χ0v) is 10.3. The van der Waals surface area contributed by atoms with Crippen molar-refractivity contribution in [2.45, 2.75) is 25.5 Å². The van der Waals surface area contributed by atoms with Crippen molar-refractivity contribution in [1.82, 2.24) is 5.32 Å². The molecule has 2 atom stereocenters. The molecule has 4 heteroatoms. The highest BCUT2D eigenvalue weighted by Gasteiger charge is 2.27. The van der Waals surface area contributed by atoms with Gasteiger partial charge in [0.05, 0.1) is 0 Å². The van der Waals surface area contributed by atoms with E-state index < -0.39 is 0 Å². The van der Waals surface area contributed by atoms with Gasteiger partial charge in [0.2, 0.25) is 0 Å². The van der Waals surface area contributed by atoms with Crippen LogP contribution < -0.4 is 5.32 Å². The summed E-state index contributed by atoms with van der Waals surface area (Å²) in [4.78, 5) is 11.9. The number of benzene rings is 1. The monoisotopic (exact) mass is 249 g/mol. The zero-order chi connectivity index (χ0) is 12.8. The third-order valence-corrected chi connectivity index (χ3v) is 3.28. The smallest absolute Gasteiger partial charge is 0.323 e. The van der Waals surface area contributed by atoms with Crippen molar-refractivity contribution >= 4 is 5.97 Å². The van der Waals surface area contributed by atoms with Crippen LogP contribution >= 0.6 is 0 Å². The molecule has 1 aromatic carbocycles. The van der Waals surface area contributed by atoms with Crippen LogP contribution in [0.25, 0.3) is 0 Å². The van der Waals surface area contributed by atoms with E-state index in [9.17, 15) is 4.79 Å². The van der Waals surface area contributed by atoms with Crippen molar-refractivity contribution in [1.29, 1.82) is 0 Å². The van der Waals surface area contributed by atoms with Crippen LogP contribution in [-0.2, 0) is 16.1 Å². The largest absolute Gasteiger partial charge is 0.460 e. The Bertz CT molecular complexity index is 380. The van der Waals surface area contributed by atoms with E-state index in [0.29, 0.717) is 13.0 Å². The van der Waals surface area contributed by atoms with Gasteiger partial charge in [-0.15, -0.1) is 0 Å². The maximum atomic E-state index is 11.9. The molecule has 0 aliphatic carbocycles. The second-order valence-electron chi connectivity index (χ2n) is 4.67. The van der Waals surface area contributed by atoms with Gasteiger partial charge in [-0.05, 0) is 30.9 Å². The second-order valence-corrected chi connectivity index (χ2v) is 4.67. The highest BCUT2D eigenvalue weighted by atomic mass is 16.5. The van der Waals surface area contributed by atoms with E-state index in [0.717, 1.165) is 18.5 Å². The molecule has 0 aromatic heterocycles. The van der Waals surface area contributed by atoms with Gasteiger partial charge in [0.1, 0.15) is 12.6 Å². The minimum absolute atomic E-state index is 0.143. The summed E-state index contributed by atoms with van der Waals surface area (Å²) < 4.78 is 5.28. The number of rotatable bonds is 4. The van der Waals surface area contributed by atoms with Crippen molar-refractivity contribution in [3.05, 3.63) is 35.9 Å². The molecule has 1 aliphatic heterocycles. The van der Waals surface area contributed by atoms with Crippen LogP contribution in [0.15, 0.2) is 30.3 Å². The van der Waals surface area contributed by atoms with E-state index in [2.05, 4.69) is 5.32 Å². The van der Waals surface area contributed by atoms with E-state index in [4.69, 9.17) is 9.84 Å². The molecule has 0 spiro atoms. The Morgan fingerprint density at radius 3 is 2.89 bits per heavy atom. The van der Waals surface area contributed by atoms with E-state index in [1.54, 1.807) is 0 Å². The summed E-state index contributed by atoms with van der Waals surface area (Å²) in [5.74, 6) is -0.0162. The lowest BCUT2D eigenvalue weighted by molar-refractivity contribution is -0.148. The maximum Gasteiger partial charge on any atom is 0.323 e. The summed E-state index contributed by atoms with van der Waals surface area (Å²) in [7, 11) is 0. The number of hydrogen-bond acceptors (Lipinski definition) is 4. The van der Waals surface area contributed by atoms with Crippen molar-refractivity contribution in [2.75, 3.05) is 13.2 Å². The third kappa shape index (κ3) is 3.55. The minimum Gasteiger partial charge on any atom is -0.460 e. The molecule has 1 fully saturated rings. The first-order chi connectivity index (χ1) is 8.79. The number of nitrogens with one attached hydrogen (secondary N) is 1. The fraction of sp³-hybridized carbons (Fsp3) is 0.500. The van der Waals surface area contributed by atoms with Gasteiger partial charge in [0, 0.05) is 6.61 Å². The number of aliphatic hydroxyl groups is 1. The number of piperidine rings is 1. The van der Waals surface area contributed by atoms with Crippen LogP contribution in [0.3, 0.4) is 0 Å². The Labute approximate surface area is 107 Å². The van der Waals surface area contributed by atoms with Gasteiger partial charge in [-0.1, -0.05) is 30.3 Å². The zero-order valence-electron chi connectivity index (χ0n) is 10.3. The summed E-state index contributed by atoms with van der Waals surface area (Å²) in [6.45, 7) is 1.21. The molecule has 2 N–H and O–H groups in total. The molecule has 18 heavy (non-hydrogen) atoms. The molecule has 0 bridgehead atoms. The summed E-state index contributed by atoms with van der Waals surface area (Å²) in [5.41, 5.74) is 0.986. The number of ether oxygens (including phenoxy) is 1. The van der Waals surface area contributed by atoms with Gasteiger partial charge in [0.25, 0.3) is 0 Å². The van der Waals surface area contributed by atoms with Crippen molar-refractivity contribution in [2.24, 2.45) is 5.92 Å². The van der Waals surface area contributed by atoms with E-state index in [-0.39, 0.29) is 24.5 Å². The van der Waals surface area contributed by atoms with Crippen LogP contribution in [0, 0.1) is 5.92 Å². The highest BCUT2D eigenvalue weighted by molar-refractivity contribution is 5.75. The van der Waals surface area contributed by atoms with E-state index >= 15 is 0 Å². The Morgan fingerprint density at radius 1 is 1.39 bits per heavy atom. The molecule has 98 valence electrons. The number of carbonyl (C=O) groups excluding carboxylic acids is 1. The fourth-order valence-corrected chi connectivity index (χ4v) is 2.17. The second kappa shape index (κ2) is 6.52. The minimum atomic E-state index is -0.278. The molecule has 1 aliphatic rings. The molecule has 4 nitrogen and oxygen atoms in total. The predicted molar refractivity (Wildman–Crippen MR) is 67.8 cm³/mol. The summed E-state index contributed by atoms with van der Waals surface area (Å²) in [6.07, 6.45) is 1.57. The van der Waals surface area contributed by atoms with Crippen LogP contribution in [0.1, 0.15) is 18.4 Å². The molecular formula is C14H19NO3. The lowest BCUT2D eigenvalue weighted by atomic mass is 9.93. The average molecular weight is 249 g/mol. The number of aliphatic hydroxyl groups excluding tert-OH is 1. The van der Waals surface area contributed by atoms with E-state index in [1.165, 1.54) is 0 Å². The van der Waals surface area contributed by atoms with Gasteiger partial charge >= 0.3 is 5.97 Å². The standard InChI is InChI=1S/C14H19NO3/c16-9-12-6-7-15-13(8-12)14(17)18-10-11-4-2-1-3-5-11/h1-5,12-13,15-16H,6-10H2. The van der Waals surface area contributed by atoms with E-state index in [1.807, 2.05) is 30.3 Å². The third-order valence-electron chi connectivity index (χ3n) is 3.28. The van der Waals surface area contributed by atoms with Crippen molar-refractivity contribution in [3.63, 3.8) is 0 Å². The molecule has 1 heterocycles. The van der Waals surface area contributed by atoms with Crippen LogP contribution in [-0.4, -0.2) is 30.3 Å². The Hall–Kier alpha value is -1.39. The highest BCUT2D eigenvalue weighted by Crippen LogP contribution is 2.16. The summed E-state index contributed by atoms with van der Waals surface area (Å²) in [5, 5.41) is 12.3. The molecule has 0 radical (unpaired) electrons. The lowest BCUT2D eigenvalue weighted by Gasteiger charge is -2.27. The normalized spacial score (nSPS) is 23.6. The lowest BCUT2D eigenvalue weighted by Crippen LogP contribution is -2.45. The topological polar surface area (TPSA) is 58.6 Å². The molecular weight excluding hydrogens is 230 g/mol. The maximum absolute atomic E-state index is 11.9. The molecule has 2 rings (SSSR count). The molecule has 0 amide bonds. The Morgan fingerprint density at radius 2 is 2.17 bits per heavy atom. The first kappa shape index (κ1) is 13.1. The van der Waals surface area contributed by atoms with Crippen LogP contribution in [0.5, 0.6) is 0 Å². The van der Waals surface area contributed by atoms with Gasteiger partial charge in [-0.3, -0.25) is 4.79 Å². The fourth-order valence-electron chi connectivity index (χ4n) is 2.17. The molecule has 2 unspecified atom stereocenters. The van der Waals surface area contributed by atoms with Gasteiger partial charge in [-0.2, -0.15) is 0 Å². The molecule has 1 aromatic rings. The van der Waals surface area contributed by atoms with Crippen LogP contribution in [0.2, 0.25) is 0 Å². The SMILES string of the molecule is O=C(OCc1ccccc1)C1CC(CO)CCN1. The van der Waals surface area contributed by atoms with Gasteiger partial charge in [0.15, 0.2) is 0 Å². The van der Waals surface area contributed by atoms with Crippen molar-refractivity contribution < 1.29 is 14.6 Å². The number of esters is 1. The first-order valence-corrected chi connectivity index (χ1v) is 6.34. The van der Waals surface area contributed by atoms with Crippen LogP contribution in [0.4, 0.5) is 0 Å². The first-order valence-electron chi connectivity index (χ1n) is 6.34. The quantitative estimate of drug-likeness (QED) is 0.784. The molecule has 0 saturated carbocycles. The van der Waals surface area contributed by atoms with Gasteiger partial charge in [-0.25, -0.2) is 0 Å². The Balaban J connectivity index is 1.81. The number of hydrogen-bond donors (Lipinski definition) is 2. The summed E-state index contributed by atoms with van der Waals surface area (Å²) in [6, 6.07) is 9.35. The Kier molecular flexibility index (Phi) is 4.73. The predicted octanol–water partition coefficient (Wildman–Crippen LogP) is 1.09. The van der Waals surface area contributed by atoms with Gasteiger partial charge < -0.3 is 15.2 Å².